The monoisotopic (exact) mass is 403 g/mol. The normalized spacial score (nSPS) is 11.9. The molecule has 2 aromatic carbocycles. The summed E-state index contributed by atoms with van der Waals surface area (Å²) < 4.78 is 24.7. The Kier molecular flexibility index (Phi) is 4.89. The van der Waals surface area contributed by atoms with E-state index in [-0.39, 0.29) is 5.70 Å². The summed E-state index contributed by atoms with van der Waals surface area (Å²) in [5.41, 5.74) is 2.52. The van der Waals surface area contributed by atoms with Crippen LogP contribution in [0.15, 0.2) is 59.8 Å². The summed E-state index contributed by atoms with van der Waals surface area (Å²) >= 11 is 1.01. The minimum Gasteiger partial charge on any atom is -0.755 e. The standard InChI is InChI=1S/C16H13BrN4O2S/c1-10(21-24(22)23)11-5-6-15-14(7-11)16(19-9-18-15)20-13-4-2-3-12(17)8-13/h2-9,21H,1H2,(H,22,23)(H,18,19,20)/p-1. The van der Waals surface area contributed by atoms with Crippen LogP contribution in [0.4, 0.5) is 11.5 Å². The van der Waals surface area contributed by atoms with E-state index in [2.05, 4.69) is 42.5 Å². The first kappa shape index (κ1) is 16.6. The van der Waals surface area contributed by atoms with E-state index in [0.717, 1.165) is 21.1 Å². The van der Waals surface area contributed by atoms with E-state index in [1.54, 1.807) is 18.2 Å². The summed E-state index contributed by atoms with van der Waals surface area (Å²) in [7, 11) is 0. The highest BCUT2D eigenvalue weighted by Gasteiger charge is 2.07. The summed E-state index contributed by atoms with van der Waals surface area (Å²) in [4.78, 5) is 8.51. The zero-order valence-electron chi connectivity index (χ0n) is 12.3. The second-order valence-electron chi connectivity index (χ2n) is 4.90. The second-order valence-corrected chi connectivity index (χ2v) is 6.49. The second kappa shape index (κ2) is 7.08. The lowest BCUT2D eigenvalue weighted by molar-refractivity contribution is 0.532. The van der Waals surface area contributed by atoms with Crippen LogP contribution in [-0.4, -0.2) is 18.7 Å². The van der Waals surface area contributed by atoms with Gasteiger partial charge in [0.05, 0.1) is 5.52 Å². The molecule has 8 heteroatoms. The van der Waals surface area contributed by atoms with Crippen LogP contribution < -0.4 is 10.0 Å². The summed E-state index contributed by atoms with van der Waals surface area (Å²) in [5, 5.41) is 4.00. The lowest BCUT2D eigenvalue weighted by atomic mass is 10.1. The van der Waals surface area contributed by atoms with E-state index in [1.807, 2.05) is 24.3 Å². The van der Waals surface area contributed by atoms with Crippen molar-refractivity contribution >= 4 is 55.3 Å². The van der Waals surface area contributed by atoms with Crippen molar-refractivity contribution < 1.29 is 8.76 Å². The molecule has 24 heavy (non-hydrogen) atoms. The Labute approximate surface area is 149 Å². The van der Waals surface area contributed by atoms with Gasteiger partial charge in [0.15, 0.2) is 0 Å². The first-order valence-electron chi connectivity index (χ1n) is 6.85. The van der Waals surface area contributed by atoms with E-state index in [4.69, 9.17) is 0 Å². The van der Waals surface area contributed by atoms with E-state index in [1.165, 1.54) is 6.33 Å². The highest BCUT2D eigenvalue weighted by molar-refractivity contribution is 9.10. The van der Waals surface area contributed by atoms with Gasteiger partial charge in [0.2, 0.25) is 0 Å². The van der Waals surface area contributed by atoms with Gasteiger partial charge in [-0.15, -0.1) is 0 Å². The Morgan fingerprint density at radius 1 is 1.21 bits per heavy atom. The van der Waals surface area contributed by atoms with Crippen LogP contribution in [0.25, 0.3) is 16.6 Å². The van der Waals surface area contributed by atoms with Crippen LogP contribution >= 0.6 is 15.9 Å². The molecule has 1 atom stereocenters. The average Bonchev–Trinajstić information content (AvgIpc) is 2.54. The van der Waals surface area contributed by atoms with Crippen molar-refractivity contribution in [1.82, 2.24) is 14.7 Å². The molecule has 6 nitrogen and oxygen atoms in total. The van der Waals surface area contributed by atoms with Crippen molar-refractivity contribution in [3.63, 3.8) is 0 Å². The molecule has 1 heterocycles. The Bertz CT molecular complexity index is 948. The van der Waals surface area contributed by atoms with E-state index in [0.29, 0.717) is 11.4 Å². The molecule has 0 aliphatic rings. The number of halogens is 1. The van der Waals surface area contributed by atoms with Crippen LogP contribution in [0.3, 0.4) is 0 Å². The Balaban J connectivity index is 2.01. The number of hydrogen-bond donors (Lipinski definition) is 2. The number of hydrogen-bond acceptors (Lipinski definition) is 5. The first-order valence-corrected chi connectivity index (χ1v) is 8.72. The third-order valence-electron chi connectivity index (χ3n) is 3.28. The van der Waals surface area contributed by atoms with Crippen molar-refractivity contribution in [3.8, 4) is 0 Å². The molecule has 0 saturated carbocycles. The molecule has 0 saturated heterocycles. The number of fused-ring (bicyclic) bond motifs is 1. The molecule has 2 N–H and O–H groups in total. The maximum absolute atomic E-state index is 10.8. The van der Waals surface area contributed by atoms with Gasteiger partial charge in [-0.25, -0.2) is 9.97 Å². The fourth-order valence-corrected chi connectivity index (χ4v) is 2.92. The molecule has 0 amide bonds. The predicted octanol–water partition coefficient (Wildman–Crippen LogP) is 3.49. The van der Waals surface area contributed by atoms with E-state index < -0.39 is 11.3 Å². The van der Waals surface area contributed by atoms with Crippen molar-refractivity contribution in [2.75, 3.05) is 5.32 Å². The molecule has 0 aliphatic carbocycles. The fourth-order valence-electron chi connectivity index (χ4n) is 2.21. The Morgan fingerprint density at radius 2 is 2.04 bits per heavy atom. The molecule has 0 bridgehead atoms. The van der Waals surface area contributed by atoms with Gasteiger partial charge in [0, 0.05) is 32.5 Å². The molecule has 3 rings (SSSR count). The van der Waals surface area contributed by atoms with Gasteiger partial charge in [0.1, 0.15) is 12.1 Å². The average molecular weight is 404 g/mol. The van der Waals surface area contributed by atoms with Crippen LogP contribution in [0, 0.1) is 0 Å². The van der Waals surface area contributed by atoms with Gasteiger partial charge in [-0.05, 0) is 35.9 Å². The zero-order valence-corrected chi connectivity index (χ0v) is 14.7. The summed E-state index contributed by atoms with van der Waals surface area (Å²) in [5.74, 6) is 0.621. The summed E-state index contributed by atoms with van der Waals surface area (Å²) in [6.45, 7) is 3.73. The number of nitrogens with one attached hydrogen (secondary N) is 2. The SMILES string of the molecule is C=C(NS(=O)[O-])c1ccc2ncnc(Nc3cccc(Br)c3)c2c1. The summed E-state index contributed by atoms with van der Waals surface area (Å²) in [6, 6.07) is 13.0. The minimum absolute atomic E-state index is 0.280. The highest BCUT2D eigenvalue weighted by Crippen LogP contribution is 2.26. The minimum atomic E-state index is -2.42. The molecular weight excluding hydrogens is 392 g/mol. The van der Waals surface area contributed by atoms with Crippen molar-refractivity contribution in [2.24, 2.45) is 0 Å². The number of nitrogens with zero attached hydrogens (tertiary/aromatic N) is 2. The van der Waals surface area contributed by atoms with Crippen LogP contribution in [0.2, 0.25) is 0 Å². The molecule has 0 aliphatic heterocycles. The lowest BCUT2D eigenvalue weighted by Gasteiger charge is -2.13. The summed E-state index contributed by atoms with van der Waals surface area (Å²) in [6.07, 6.45) is 1.47. The number of benzene rings is 2. The van der Waals surface area contributed by atoms with Crippen molar-refractivity contribution in [2.45, 2.75) is 0 Å². The maximum atomic E-state index is 10.8. The van der Waals surface area contributed by atoms with Gasteiger partial charge >= 0.3 is 0 Å². The largest absolute Gasteiger partial charge is 0.755 e. The Morgan fingerprint density at radius 3 is 2.79 bits per heavy atom. The molecule has 3 aromatic rings. The molecule has 0 spiro atoms. The third-order valence-corrected chi connectivity index (χ3v) is 4.18. The highest BCUT2D eigenvalue weighted by atomic mass is 79.9. The molecule has 0 fully saturated rings. The zero-order chi connectivity index (χ0) is 17.1. The molecule has 1 unspecified atom stereocenters. The topological polar surface area (TPSA) is 90.0 Å². The predicted molar refractivity (Wildman–Crippen MR) is 98.1 cm³/mol. The first-order chi connectivity index (χ1) is 11.5. The van der Waals surface area contributed by atoms with Gasteiger partial charge in [-0.3, -0.25) is 4.21 Å². The number of anilines is 2. The molecular formula is C16H12BrN4O2S-. The third kappa shape index (κ3) is 3.78. The van der Waals surface area contributed by atoms with Crippen molar-refractivity contribution in [3.05, 3.63) is 65.4 Å². The van der Waals surface area contributed by atoms with Crippen LogP contribution in [-0.2, 0) is 11.3 Å². The molecule has 0 radical (unpaired) electrons. The fraction of sp³-hybridized carbons (Fsp3) is 0. The van der Waals surface area contributed by atoms with E-state index in [9.17, 15) is 8.76 Å². The van der Waals surface area contributed by atoms with Crippen LogP contribution in [0.5, 0.6) is 0 Å². The quantitative estimate of drug-likeness (QED) is 0.636. The lowest BCUT2D eigenvalue weighted by Crippen LogP contribution is -2.13. The maximum Gasteiger partial charge on any atom is 0.141 e. The van der Waals surface area contributed by atoms with Gasteiger partial charge in [0.25, 0.3) is 0 Å². The smallest absolute Gasteiger partial charge is 0.141 e. The molecule has 1 aromatic heterocycles. The molecule has 122 valence electrons. The van der Waals surface area contributed by atoms with Gasteiger partial charge in [-0.1, -0.05) is 34.6 Å². The van der Waals surface area contributed by atoms with Crippen LogP contribution in [0.1, 0.15) is 5.56 Å². The van der Waals surface area contributed by atoms with Gasteiger partial charge < -0.3 is 14.6 Å². The van der Waals surface area contributed by atoms with Gasteiger partial charge in [-0.2, -0.15) is 0 Å². The Hall–Kier alpha value is -2.29. The number of rotatable bonds is 5. The van der Waals surface area contributed by atoms with Crippen molar-refractivity contribution in [1.29, 1.82) is 0 Å². The van der Waals surface area contributed by atoms with E-state index >= 15 is 0 Å². The number of aromatic nitrogens is 2.